The van der Waals surface area contributed by atoms with Crippen LogP contribution in [0.4, 0.5) is 0 Å². The molecule has 1 aliphatic rings. The summed E-state index contributed by atoms with van der Waals surface area (Å²) in [6.07, 6.45) is 1.93. The van der Waals surface area contributed by atoms with Crippen molar-refractivity contribution in [1.82, 2.24) is 10.5 Å². The molecular weight excluding hydrogens is 292 g/mol. The Labute approximate surface area is 127 Å². The average Bonchev–Trinajstić information content (AvgIpc) is 3.00. The molecule has 0 saturated heterocycles. The van der Waals surface area contributed by atoms with E-state index < -0.39 is 5.97 Å². The van der Waals surface area contributed by atoms with E-state index in [2.05, 4.69) is 10.5 Å². The highest BCUT2D eigenvalue weighted by Crippen LogP contribution is 2.26. The molecule has 1 fully saturated rings. The quantitative estimate of drug-likeness (QED) is 0.833. The van der Waals surface area contributed by atoms with Crippen LogP contribution in [0.2, 0.25) is 0 Å². The summed E-state index contributed by atoms with van der Waals surface area (Å²) in [5, 5.41) is 15.7. The third kappa shape index (κ3) is 4.23. The third-order valence-electron chi connectivity index (χ3n) is 3.81. The van der Waals surface area contributed by atoms with Gasteiger partial charge in [-0.25, -0.2) is 0 Å². The summed E-state index contributed by atoms with van der Waals surface area (Å²) >= 11 is 1.51. The second-order valence-electron chi connectivity index (χ2n) is 5.41. The van der Waals surface area contributed by atoms with Gasteiger partial charge < -0.3 is 14.9 Å². The molecular formula is C14H20N2O4S. The molecule has 2 rings (SSSR count). The Kier molecular flexibility index (Phi) is 5.27. The van der Waals surface area contributed by atoms with Crippen molar-refractivity contribution in [3.05, 3.63) is 17.0 Å². The number of carbonyl (C=O) groups excluding carboxylic acids is 1. The summed E-state index contributed by atoms with van der Waals surface area (Å²) in [4.78, 5) is 22.7. The van der Waals surface area contributed by atoms with E-state index in [1.165, 1.54) is 11.8 Å². The van der Waals surface area contributed by atoms with Gasteiger partial charge in [0.25, 0.3) is 0 Å². The van der Waals surface area contributed by atoms with Gasteiger partial charge in [-0.3, -0.25) is 9.59 Å². The van der Waals surface area contributed by atoms with Crippen LogP contribution in [-0.2, 0) is 15.3 Å². The monoisotopic (exact) mass is 312 g/mol. The summed E-state index contributed by atoms with van der Waals surface area (Å²) < 4.78 is 5.08. The predicted octanol–water partition coefficient (Wildman–Crippen LogP) is 1.89. The number of aromatic nitrogens is 1. The summed E-state index contributed by atoms with van der Waals surface area (Å²) in [5.41, 5.74) is 1.90. The lowest BCUT2D eigenvalue weighted by atomic mass is 10.1. The number of carboxylic acid groups (broad SMARTS) is 1. The van der Waals surface area contributed by atoms with Gasteiger partial charge in [-0.1, -0.05) is 5.16 Å². The Morgan fingerprint density at radius 1 is 1.43 bits per heavy atom. The molecule has 1 heterocycles. The molecule has 2 unspecified atom stereocenters. The van der Waals surface area contributed by atoms with Gasteiger partial charge in [-0.2, -0.15) is 0 Å². The van der Waals surface area contributed by atoms with Crippen molar-refractivity contribution in [1.29, 1.82) is 0 Å². The van der Waals surface area contributed by atoms with E-state index in [1.54, 1.807) is 0 Å². The van der Waals surface area contributed by atoms with E-state index in [1.807, 2.05) is 13.8 Å². The summed E-state index contributed by atoms with van der Waals surface area (Å²) in [6, 6.07) is -0.00161. The molecule has 21 heavy (non-hydrogen) atoms. The van der Waals surface area contributed by atoms with E-state index in [9.17, 15) is 9.59 Å². The lowest BCUT2D eigenvalue weighted by Crippen LogP contribution is -2.34. The van der Waals surface area contributed by atoms with Crippen LogP contribution < -0.4 is 5.32 Å². The van der Waals surface area contributed by atoms with Gasteiger partial charge in [0.2, 0.25) is 5.91 Å². The molecule has 2 N–H and O–H groups in total. The largest absolute Gasteiger partial charge is 0.481 e. The number of rotatable bonds is 6. The lowest BCUT2D eigenvalue weighted by molar-refractivity contribution is -0.141. The van der Waals surface area contributed by atoms with Gasteiger partial charge in [-0.15, -0.1) is 11.8 Å². The fourth-order valence-corrected chi connectivity index (χ4v) is 3.55. The van der Waals surface area contributed by atoms with Crippen molar-refractivity contribution in [2.75, 3.05) is 5.75 Å². The number of carbonyl (C=O) groups is 2. The topological polar surface area (TPSA) is 92.4 Å². The number of amides is 1. The van der Waals surface area contributed by atoms with Gasteiger partial charge >= 0.3 is 5.97 Å². The summed E-state index contributed by atoms with van der Waals surface area (Å²) in [5.74, 6) is 0.725. The number of hydrogen-bond acceptors (Lipinski definition) is 5. The van der Waals surface area contributed by atoms with Gasteiger partial charge in [0.15, 0.2) is 0 Å². The maximum atomic E-state index is 11.9. The van der Waals surface area contributed by atoms with Crippen LogP contribution in [0.1, 0.15) is 36.3 Å². The van der Waals surface area contributed by atoms with Crippen LogP contribution in [0.5, 0.6) is 0 Å². The van der Waals surface area contributed by atoms with Gasteiger partial charge in [0, 0.05) is 17.4 Å². The Morgan fingerprint density at radius 3 is 2.76 bits per heavy atom. The number of carboxylic acids is 1. The second kappa shape index (κ2) is 6.98. The minimum absolute atomic E-state index is 0.00161. The molecule has 1 aromatic heterocycles. The molecule has 6 nitrogen and oxygen atoms in total. The Morgan fingerprint density at radius 2 is 2.19 bits per heavy atom. The summed E-state index contributed by atoms with van der Waals surface area (Å²) in [7, 11) is 0. The molecule has 7 heteroatoms. The third-order valence-corrected chi connectivity index (χ3v) is 4.77. The van der Waals surface area contributed by atoms with Crippen LogP contribution in [0.25, 0.3) is 0 Å². The first-order chi connectivity index (χ1) is 9.97. The molecule has 0 aliphatic heterocycles. The van der Waals surface area contributed by atoms with E-state index in [-0.39, 0.29) is 17.9 Å². The lowest BCUT2D eigenvalue weighted by Gasteiger charge is -2.12. The van der Waals surface area contributed by atoms with Crippen molar-refractivity contribution in [3.63, 3.8) is 0 Å². The van der Waals surface area contributed by atoms with Crippen molar-refractivity contribution in [3.8, 4) is 0 Å². The molecule has 0 radical (unpaired) electrons. The smallest absolute Gasteiger partial charge is 0.306 e. The highest BCUT2D eigenvalue weighted by atomic mass is 32.2. The standard InChI is InChI=1S/C14H20N2O4S/c1-8-12(9(2)20-16-8)6-21-7-13(17)15-11-4-3-10(5-11)14(18)19/h10-11H,3-7H2,1-2H3,(H,15,17)(H,18,19). The van der Waals surface area contributed by atoms with Crippen molar-refractivity contribution in [2.24, 2.45) is 5.92 Å². The zero-order chi connectivity index (χ0) is 15.4. The number of hydrogen-bond donors (Lipinski definition) is 2. The molecule has 1 aromatic rings. The predicted molar refractivity (Wildman–Crippen MR) is 79.0 cm³/mol. The van der Waals surface area contributed by atoms with E-state index in [0.717, 1.165) is 23.4 Å². The molecule has 1 saturated carbocycles. The van der Waals surface area contributed by atoms with E-state index in [0.29, 0.717) is 24.3 Å². The van der Waals surface area contributed by atoms with Gasteiger partial charge in [0.05, 0.1) is 17.4 Å². The minimum Gasteiger partial charge on any atom is -0.481 e. The average molecular weight is 312 g/mol. The maximum Gasteiger partial charge on any atom is 0.306 e. The molecule has 0 bridgehead atoms. The molecule has 116 valence electrons. The van der Waals surface area contributed by atoms with E-state index >= 15 is 0 Å². The SMILES string of the molecule is Cc1noc(C)c1CSCC(=O)NC1CCC(C(=O)O)C1. The number of nitrogens with zero attached hydrogens (tertiary/aromatic N) is 1. The highest BCUT2D eigenvalue weighted by molar-refractivity contribution is 7.99. The van der Waals surface area contributed by atoms with Crippen molar-refractivity contribution in [2.45, 2.75) is 44.9 Å². The number of aliphatic carboxylic acids is 1. The number of thioether (sulfide) groups is 1. The molecule has 1 amide bonds. The van der Waals surface area contributed by atoms with Crippen LogP contribution in [-0.4, -0.2) is 33.9 Å². The first kappa shape index (κ1) is 15.9. The van der Waals surface area contributed by atoms with Crippen LogP contribution in [0.3, 0.4) is 0 Å². The van der Waals surface area contributed by atoms with Crippen LogP contribution in [0, 0.1) is 19.8 Å². The van der Waals surface area contributed by atoms with Crippen molar-refractivity contribution >= 4 is 23.6 Å². The maximum absolute atomic E-state index is 11.9. The first-order valence-corrected chi connectivity index (χ1v) is 8.14. The second-order valence-corrected chi connectivity index (χ2v) is 6.39. The Hall–Kier alpha value is -1.50. The molecule has 0 spiro atoms. The number of aryl methyl sites for hydroxylation is 2. The van der Waals surface area contributed by atoms with Gasteiger partial charge in [-0.05, 0) is 33.1 Å². The van der Waals surface area contributed by atoms with Crippen LogP contribution in [0.15, 0.2) is 4.52 Å². The normalized spacial score (nSPS) is 21.4. The Balaban J connectivity index is 1.70. The minimum atomic E-state index is -0.764. The van der Waals surface area contributed by atoms with Gasteiger partial charge in [0.1, 0.15) is 5.76 Å². The number of nitrogens with one attached hydrogen (secondary N) is 1. The zero-order valence-corrected chi connectivity index (χ0v) is 13.0. The molecule has 0 aromatic carbocycles. The Bertz CT molecular complexity index is 510. The van der Waals surface area contributed by atoms with Crippen LogP contribution >= 0.6 is 11.8 Å². The van der Waals surface area contributed by atoms with E-state index in [4.69, 9.17) is 9.63 Å². The fraction of sp³-hybridized carbons (Fsp3) is 0.643. The fourth-order valence-electron chi connectivity index (χ4n) is 2.56. The zero-order valence-electron chi connectivity index (χ0n) is 12.2. The first-order valence-electron chi connectivity index (χ1n) is 6.99. The molecule has 2 atom stereocenters. The summed E-state index contributed by atoms with van der Waals surface area (Å²) in [6.45, 7) is 3.75. The molecule has 1 aliphatic carbocycles. The highest BCUT2D eigenvalue weighted by Gasteiger charge is 2.30. The van der Waals surface area contributed by atoms with Crippen molar-refractivity contribution < 1.29 is 19.2 Å².